The molecule has 2 amide bonds. The average Bonchev–Trinajstić information content (AvgIpc) is 2.20. The van der Waals surface area contributed by atoms with Crippen molar-refractivity contribution in [2.45, 2.75) is 45.3 Å². The maximum atomic E-state index is 12.0. The zero-order chi connectivity index (χ0) is 14.6. The van der Waals surface area contributed by atoms with E-state index in [2.05, 4.69) is 5.32 Å². The molecule has 1 fully saturated rings. The maximum absolute atomic E-state index is 12.0. The summed E-state index contributed by atoms with van der Waals surface area (Å²) >= 11 is 0. The molecule has 1 aliphatic heterocycles. The number of likely N-dealkylation sites (tertiary alicyclic amines) is 1. The lowest BCUT2D eigenvalue weighted by Gasteiger charge is -2.32. The second-order valence-electron chi connectivity index (χ2n) is 5.49. The highest BCUT2D eigenvalue weighted by atomic mass is 16.6. The Labute approximate surface area is 111 Å². The van der Waals surface area contributed by atoms with E-state index >= 15 is 0 Å². The molecule has 2 N–H and O–H groups in total. The van der Waals surface area contributed by atoms with Crippen molar-refractivity contribution in [2.75, 3.05) is 13.1 Å². The number of ether oxygens (including phenoxy) is 1. The van der Waals surface area contributed by atoms with Crippen LogP contribution in [-0.2, 0) is 14.3 Å². The fourth-order valence-corrected chi connectivity index (χ4v) is 1.84. The number of hydrogen-bond acceptors (Lipinski definition) is 4. The largest absolute Gasteiger partial charge is 0.480 e. The molecule has 7 heteroatoms. The van der Waals surface area contributed by atoms with Crippen molar-refractivity contribution in [3.05, 3.63) is 0 Å². The van der Waals surface area contributed by atoms with Gasteiger partial charge in [0.25, 0.3) is 0 Å². The number of rotatable bonds is 3. The van der Waals surface area contributed by atoms with Gasteiger partial charge >= 0.3 is 12.1 Å². The minimum Gasteiger partial charge on any atom is -0.480 e. The molecule has 0 spiro atoms. The molecule has 0 bridgehead atoms. The highest BCUT2D eigenvalue weighted by Gasteiger charge is 2.32. The van der Waals surface area contributed by atoms with E-state index in [4.69, 9.17) is 9.84 Å². The minimum atomic E-state index is -1.06. The Morgan fingerprint density at radius 2 is 2.11 bits per heavy atom. The summed E-state index contributed by atoms with van der Waals surface area (Å²) in [5, 5.41) is 11.2. The molecule has 0 aromatic carbocycles. The van der Waals surface area contributed by atoms with Gasteiger partial charge in [0, 0.05) is 6.54 Å². The molecular weight excluding hydrogens is 252 g/mol. The Bertz CT molecular complexity index is 375. The first-order valence-electron chi connectivity index (χ1n) is 6.19. The Morgan fingerprint density at radius 3 is 2.63 bits per heavy atom. The van der Waals surface area contributed by atoms with Crippen LogP contribution in [0.5, 0.6) is 0 Å². The standard InChI is InChI=1S/C12H20N2O5/c1-12(2,3)19-11(18)13-8-5-4-6-14(10(8)17)7-9(15)16/h8H,4-7H2,1-3H3,(H,13,18)(H,15,16)/t8-/m1/s1. The smallest absolute Gasteiger partial charge is 0.408 e. The van der Waals surface area contributed by atoms with Crippen LogP contribution in [0.4, 0.5) is 4.79 Å². The predicted molar refractivity (Wildman–Crippen MR) is 66.6 cm³/mol. The number of carbonyl (C=O) groups excluding carboxylic acids is 2. The van der Waals surface area contributed by atoms with Crippen LogP contribution in [0.25, 0.3) is 0 Å². The zero-order valence-corrected chi connectivity index (χ0v) is 11.4. The summed E-state index contributed by atoms with van der Waals surface area (Å²) in [5.74, 6) is -1.44. The van der Waals surface area contributed by atoms with Gasteiger partial charge in [-0.2, -0.15) is 0 Å². The van der Waals surface area contributed by atoms with Crippen LogP contribution < -0.4 is 5.32 Å². The molecule has 0 saturated carbocycles. The number of nitrogens with zero attached hydrogens (tertiary/aromatic N) is 1. The zero-order valence-electron chi connectivity index (χ0n) is 11.4. The summed E-state index contributed by atoms with van der Waals surface area (Å²) in [4.78, 5) is 35.4. The average molecular weight is 272 g/mol. The Hall–Kier alpha value is -1.79. The van der Waals surface area contributed by atoms with Crippen molar-refractivity contribution < 1.29 is 24.2 Å². The number of hydrogen-bond donors (Lipinski definition) is 2. The highest BCUT2D eigenvalue weighted by Crippen LogP contribution is 2.13. The summed E-state index contributed by atoms with van der Waals surface area (Å²) < 4.78 is 5.07. The van der Waals surface area contributed by atoms with Crippen molar-refractivity contribution in [3.8, 4) is 0 Å². The summed E-state index contributed by atoms with van der Waals surface area (Å²) in [6.45, 7) is 5.24. The number of nitrogens with one attached hydrogen (secondary N) is 1. The third kappa shape index (κ3) is 5.15. The van der Waals surface area contributed by atoms with Gasteiger partial charge in [-0.3, -0.25) is 9.59 Å². The topological polar surface area (TPSA) is 95.9 Å². The van der Waals surface area contributed by atoms with E-state index in [-0.39, 0.29) is 12.5 Å². The molecule has 0 aromatic heterocycles. The number of alkyl carbamates (subject to hydrolysis) is 1. The van der Waals surface area contributed by atoms with E-state index in [1.54, 1.807) is 20.8 Å². The molecule has 1 aliphatic rings. The number of piperidine rings is 1. The number of aliphatic carboxylic acids is 1. The van der Waals surface area contributed by atoms with E-state index in [1.807, 2.05) is 0 Å². The van der Waals surface area contributed by atoms with Gasteiger partial charge in [-0.1, -0.05) is 0 Å². The number of amides is 2. The Kier molecular flexibility index (Phi) is 4.74. The first-order valence-corrected chi connectivity index (χ1v) is 6.19. The van der Waals surface area contributed by atoms with E-state index in [0.29, 0.717) is 19.4 Å². The summed E-state index contributed by atoms with van der Waals surface area (Å²) in [6.07, 6.45) is 0.483. The monoisotopic (exact) mass is 272 g/mol. The first kappa shape index (κ1) is 15.3. The fraction of sp³-hybridized carbons (Fsp3) is 0.750. The molecular formula is C12H20N2O5. The molecule has 0 radical (unpaired) electrons. The van der Waals surface area contributed by atoms with E-state index < -0.39 is 23.7 Å². The summed E-state index contributed by atoms with van der Waals surface area (Å²) in [5.41, 5.74) is -0.636. The summed E-state index contributed by atoms with van der Waals surface area (Å²) in [6, 6.07) is -0.706. The Morgan fingerprint density at radius 1 is 1.47 bits per heavy atom. The van der Waals surface area contributed by atoms with Gasteiger partial charge in [-0.25, -0.2) is 4.79 Å². The number of carboxylic acid groups (broad SMARTS) is 1. The van der Waals surface area contributed by atoms with E-state index in [9.17, 15) is 14.4 Å². The van der Waals surface area contributed by atoms with Crippen molar-refractivity contribution in [2.24, 2.45) is 0 Å². The molecule has 1 saturated heterocycles. The molecule has 1 atom stereocenters. The van der Waals surface area contributed by atoms with E-state index in [1.165, 1.54) is 4.90 Å². The molecule has 108 valence electrons. The van der Waals surface area contributed by atoms with Crippen LogP contribution in [0.2, 0.25) is 0 Å². The van der Waals surface area contributed by atoms with Crippen molar-refractivity contribution >= 4 is 18.0 Å². The lowest BCUT2D eigenvalue weighted by atomic mass is 10.1. The number of carbonyl (C=O) groups is 3. The van der Waals surface area contributed by atoms with Gasteiger partial charge in [0.2, 0.25) is 5.91 Å². The highest BCUT2D eigenvalue weighted by molar-refractivity contribution is 5.88. The van der Waals surface area contributed by atoms with Gasteiger partial charge in [-0.05, 0) is 33.6 Å². The third-order valence-corrected chi connectivity index (χ3v) is 2.55. The van der Waals surface area contributed by atoms with Crippen LogP contribution in [-0.4, -0.2) is 52.7 Å². The van der Waals surface area contributed by atoms with Gasteiger partial charge in [0.05, 0.1) is 0 Å². The van der Waals surface area contributed by atoms with Crippen molar-refractivity contribution in [3.63, 3.8) is 0 Å². The third-order valence-electron chi connectivity index (χ3n) is 2.55. The van der Waals surface area contributed by atoms with Gasteiger partial charge in [-0.15, -0.1) is 0 Å². The lowest BCUT2D eigenvalue weighted by molar-refractivity contribution is -0.146. The van der Waals surface area contributed by atoms with E-state index in [0.717, 1.165) is 0 Å². The van der Waals surface area contributed by atoms with Crippen LogP contribution in [0.3, 0.4) is 0 Å². The maximum Gasteiger partial charge on any atom is 0.408 e. The number of carboxylic acids is 1. The summed E-state index contributed by atoms with van der Waals surface area (Å²) in [7, 11) is 0. The van der Waals surface area contributed by atoms with Crippen LogP contribution in [0.1, 0.15) is 33.6 Å². The lowest BCUT2D eigenvalue weighted by Crippen LogP contribution is -2.54. The molecule has 1 heterocycles. The van der Waals surface area contributed by atoms with Crippen molar-refractivity contribution in [1.29, 1.82) is 0 Å². The quantitative estimate of drug-likeness (QED) is 0.783. The van der Waals surface area contributed by atoms with Crippen molar-refractivity contribution in [1.82, 2.24) is 10.2 Å². The normalized spacial score (nSPS) is 20.1. The molecule has 0 unspecified atom stereocenters. The van der Waals surface area contributed by atoms with Gasteiger partial charge < -0.3 is 20.1 Å². The van der Waals surface area contributed by atoms with Gasteiger partial charge in [0.1, 0.15) is 18.2 Å². The second kappa shape index (κ2) is 5.90. The minimum absolute atomic E-state index is 0.342. The molecule has 0 aromatic rings. The van der Waals surface area contributed by atoms with Gasteiger partial charge in [0.15, 0.2) is 0 Å². The molecule has 7 nitrogen and oxygen atoms in total. The molecule has 0 aliphatic carbocycles. The Balaban J connectivity index is 2.56. The van der Waals surface area contributed by atoms with Crippen LogP contribution in [0, 0.1) is 0 Å². The predicted octanol–water partition coefficient (Wildman–Crippen LogP) is 0.587. The second-order valence-corrected chi connectivity index (χ2v) is 5.49. The fourth-order valence-electron chi connectivity index (χ4n) is 1.84. The van der Waals surface area contributed by atoms with Crippen LogP contribution in [0.15, 0.2) is 0 Å². The first-order chi connectivity index (χ1) is 8.69. The SMILES string of the molecule is CC(C)(C)OC(=O)N[C@@H]1CCCN(CC(=O)O)C1=O. The molecule has 1 rings (SSSR count). The van der Waals surface area contributed by atoms with Crippen LogP contribution >= 0.6 is 0 Å². The molecule has 19 heavy (non-hydrogen) atoms.